The normalized spacial score (nSPS) is 18.7. The van der Waals surface area contributed by atoms with Crippen molar-refractivity contribution in [2.75, 3.05) is 32.8 Å². The molecule has 0 unspecified atom stereocenters. The highest BCUT2D eigenvalue weighted by molar-refractivity contribution is 8.00. The van der Waals surface area contributed by atoms with Gasteiger partial charge in [0.1, 0.15) is 0 Å². The number of nitrogens with one attached hydrogen (secondary N) is 1. The van der Waals surface area contributed by atoms with Gasteiger partial charge < -0.3 is 10.4 Å². The van der Waals surface area contributed by atoms with E-state index in [9.17, 15) is 18.3 Å². The summed E-state index contributed by atoms with van der Waals surface area (Å²) in [5, 5.41) is 12.5. The molecule has 0 amide bonds. The monoisotopic (exact) mass is 320 g/mol. The van der Waals surface area contributed by atoms with E-state index in [0.717, 1.165) is 26.2 Å². The van der Waals surface area contributed by atoms with E-state index in [1.54, 1.807) is 18.2 Å². The van der Waals surface area contributed by atoms with Crippen molar-refractivity contribution in [3.63, 3.8) is 0 Å². The van der Waals surface area contributed by atoms with Crippen molar-refractivity contribution < 1.29 is 18.3 Å². The van der Waals surface area contributed by atoms with Crippen LogP contribution in [0.25, 0.3) is 0 Å². The predicted molar refractivity (Wildman–Crippen MR) is 77.2 cm³/mol. The van der Waals surface area contributed by atoms with Gasteiger partial charge in [-0.1, -0.05) is 18.2 Å². The van der Waals surface area contributed by atoms with E-state index < -0.39 is 5.51 Å². The van der Waals surface area contributed by atoms with E-state index in [-0.39, 0.29) is 29.3 Å². The van der Waals surface area contributed by atoms with Crippen LogP contribution < -0.4 is 5.32 Å². The Morgan fingerprint density at radius 1 is 1.24 bits per heavy atom. The van der Waals surface area contributed by atoms with Crippen LogP contribution in [0.3, 0.4) is 0 Å². The Morgan fingerprint density at radius 3 is 2.52 bits per heavy atom. The van der Waals surface area contributed by atoms with Crippen LogP contribution in [-0.2, 0) is 0 Å². The van der Waals surface area contributed by atoms with Gasteiger partial charge in [0.25, 0.3) is 0 Å². The van der Waals surface area contributed by atoms with Crippen LogP contribution >= 0.6 is 11.8 Å². The molecule has 1 fully saturated rings. The second-order valence-corrected chi connectivity index (χ2v) is 6.01. The Bertz CT molecular complexity index is 450. The average Bonchev–Trinajstić information content (AvgIpc) is 2.45. The highest BCUT2D eigenvalue weighted by atomic mass is 32.2. The van der Waals surface area contributed by atoms with Crippen molar-refractivity contribution in [1.29, 1.82) is 0 Å². The zero-order valence-corrected chi connectivity index (χ0v) is 12.4. The van der Waals surface area contributed by atoms with Gasteiger partial charge in [0, 0.05) is 43.7 Å². The molecule has 1 aliphatic rings. The maximum Gasteiger partial charge on any atom is 0.446 e. The summed E-state index contributed by atoms with van der Waals surface area (Å²) < 4.78 is 38.1. The third-order valence-electron chi connectivity index (χ3n) is 3.50. The lowest BCUT2D eigenvalue weighted by Crippen LogP contribution is -2.45. The first-order valence-corrected chi connectivity index (χ1v) is 7.73. The zero-order valence-electron chi connectivity index (χ0n) is 11.6. The van der Waals surface area contributed by atoms with Crippen molar-refractivity contribution in [3.8, 4) is 0 Å². The highest BCUT2D eigenvalue weighted by Crippen LogP contribution is 2.41. The van der Waals surface area contributed by atoms with E-state index in [4.69, 9.17) is 0 Å². The molecule has 1 atom stereocenters. The first-order valence-electron chi connectivity index (χ1n) is 6.91. The van der Waals surface area contributed by atoms with Crippen molar-refractivity contribution >= 4 is 11.8 Å². The highest BCUT2D eigenvalue weighted by Gasteiger charge is 2.32. The van der Waals surface area contributed by atoms with Gasteiger partial charge in [-0.2, -0.15) is 13.2 Å². The van der Waals surface area contributed by atoms with Crippen LogP contribution in [0.2, 0.25) is 0 Å². The molecule has 3 nitrogen and oxygen atoms in total. The summed E-state index contributed by atoms with van der Waals surface area (Å²) in [5.41, 5.74) is -3.65. The molecule has 2 N–H and O–H groups in total. The number of piperazine rings is 1. The summed E-state index contributed by atoms with van der Waals surface area (Å²) in [7, 11) is 0. The first-order chi connectivity index (χ1) is 10.0. The number of thioether (sulfide) groups is 1. The summed E-state index contributed by atoms with van der Waals surface area (Å²) in [6.07, 6.45) is 0.440. The number of hydrogen-bond donors (Lipinski definition) is 2. The largest absolute Gasteiger partial charge is 0.446 e. The number of aliphatic hydroxyl groups is 1. The Morgan fingerprint density at radius 2 is 1.90 bits per heavy atom. The lowest BCUT2D eigenvalue weighted by atomic mass is 10.0. The van der Waals surface area contributed by atoms with Gasteiger partial charge in [0.05, 0.1) is 0 Å². The second-order valence-electron chi connectivity index (χ2n) is 4.90. The van der Waals surface area contributed by atoms with Gasteiger partial charge in [-0.05, 0) is 29.8 Å². The summed E-state index contributed by atoms with van der Waals surface area (Å²) in [6, 6.07) is 6.42. The number of hydrogen-bond acceptors (Lipinski definition) is 4. The zero-order chi connectivity index (χ0) is 15.3. The third kappa shape index (κ3) is 4.88. The minimum Gasteiger partial charge on any atom is -0.396 e. The minimum absolute atomic E-state index is 0.0420. The Hall–Kier alpha value is -0.760. The van der Waals surface area contributed by atoms with Gasteiger partial charge in [-0.15, -0.1) is 0 Å². The summed E-state index contributed by atoms with van der Waals surface area (Å²) in [5.74, 6) is 0. The number of alkyl halides is 3. The molecule has 7 heteroatoms. The summed E-state index contributed by atoms with van der Waals surface area (Å²) in [4.78, 5) is 2.37. The molecule has 0 saturated carbocycles. The predicted octanol–water partition coefficient (Wildman–Crippen LogP) is 2.63. The van der Waals surface area contributed by atoms with Crippen LogP contribution in [0.4, 0.5) is 13.2 Å². The lowest BCUT2D eigenvalue weighted by molar-refractivity contribution is -0.0328. The molecule has 118 valence electrons. The fourth-order valence-electron chi connectivity index (χ4n) is 2.62. The second kappa shape index (κ2) is 7.49. The smallest absolute Gasteiger partial charge is 0.396 e. The standard InChI is InChI=1S/C14H19F3N2OS/c15-14(16,17)21-13-4-2-1-3-11(13)12(5-10-20)19-8-6-18-7-9-19/h1-4,12,18,20H,5-10H2/t12-/m0/s1. The van der Waals surface area contributed by atoms with E-state index in [2.05, 4.69) is 10.2 Å². The Labute approximate surface area is 126 Å². The quantitative estimate of drug-likeness (QED) is 0.818. The molecule has 2 rings (SSSR count). The van der Waals surface area contributed by atoms with Crippen LogP contribution in [0.5, 0.6) is 0 Å². The van der Waals surface area contributed by atoms with Crippen molar-refractivity contribution in [2.45, 2.75) is 22.9 Å². The number of aliphatic hydroxyl groups excluding tert-OH is 1. The van der Waals surface area contributed by atoms with Gasteiger partial charge in [-0.3, -0.25) is 4.90 Å². The maximum atomic E-state index is 12.7. The molecule has 0 aliphatic carbocycles. The van der Waals surface area contributed by atoms with Crippen LogP contribution in [0, 0.1) is 0 Å². The summed E-state index contributed by atoms with van der Waals surface area (Å²) >= 11 is -0.0784. The fourth-order valence-corrected chi connectivity index (χ4v) is 3.34. The van der Waals surface area contributed by atoms with E-state index in [1.165, 1.54) is 6.07 Å². The van der Waals surface area contributed by atoms with Gasteiger partial charge in [0.15, 0.2) is 0 Å². The van der Waals surface area contributed by atoms with Crippen LogP contribution in [0.15, 0.2) is 29.2 Å². The van der Waals surface area contributed by atoms with Gasteiger partial charge in [0.2, 0.25) is 0 Å². The third-order valence-corrected chi connectivity index (χ3v) is 4.32. The fraction of sp³-hybridized carbons (Fsp3) is 0.571. The molecule has 1 aromatic carbocycles. The molecule has 0 radical (unpaired) electrons. The van der Waals surface area contributed by atoms with Gasteiger partial charge in [-0.25, -0.2) is 0 Å². The maximum absolute atomic E-state index is 12.7. The molecule has 1 aliphatic heterocycles. The molecule has 21 heavy (non-hydrogen) atoms. The molecule has 0 aromatic heterocycles. The lowest BCUT2D eigenvalue weighted by Gasteiger charge is -2.35. The molecular weight excluding hydrogens is 301 g/mol. The molecule has 0 bridgehead atoms. The van der Waals surface area contributed by atoms with Crippen LogP contribution in [-0.4, -0.2) is 48.3 Å². The van der Waals surface area contributed by atoms with Crippen molar-refractivity contribution in [2.24, 2.45) is 0 Å². The Kier molecular flexibility index (Phi) is 5.92. The topological polar surface area (TPSA) is 35.5 Å². The van der Waals surface area contributed by atoms with E-state index in [0.29, 0.717) is 12.0 Å². The van der Waals surface area contributed by atoms with Crippen LogP contribution in [0.1, 0.15) is 18.0 Å². The molecule has 1 heterocycles. The molecule has 0 spiro atoms. The number of halogens is 3. The minimum atomic E-state index is -4.30. The van der Waals surface area contributed by atoms with Crippen molar-refractivity contribution in [3.05, 3.63) is 29.8 Å². The Balaban J connectivity index is 2.26. The van der Waals surface area contributed by atoms with E-state index >= 15 is 0 Å². The van der Waals surface area contributed by atoms with Gasteiger partial charge >= 0.3 is 5.51 Å². The van der Waals surface area contributed by atoms with E-state index in [1.807, 2.05) is 0 Å². The van der Waals surface area contributed by atoms with Crippen molar-refractivity contribution in [1.82, 2.24) is 10.2 Å². The number of rotatable bonds is 5. The molecule has 1 saturated heterocycles. The SMILES string of the molecule is OCC[C@@H](c1ccccc1SC(F)(F)F)N1CCNCC1. The average molecular weight is 320 g/mol. The molecular formula is C14H19F3N2OS. The summed E-state index contributed by atoms with van der Waals surface area (Å²) in [6.45, 7) is 3.14. The first kappa shape index (κ1) is 16.6. The number of benzene rings is 1. The molecule has 1 aromatic rings. The number of nitrogens with zero attached hydrogens (tertiary/aromatic N) is 1.